The fourth-order valence-electron chi connectivity index (χ4n) is 2.43. The molecule has 0 aromatic heterocycles. The van der Waals surface area contributed by atoms with E-state index >= 15 is 0 Å². The molecule has 3 aliphatic rings. The van der Waals surface area contributed by atoms with E-state index in [1.54, 1.807) is 18.2 Å². The highest BCUT2D eigenvalue weighted by Gasteiger charge is 1.98. The number of nitro benzene ring substituents is 1. The van der Waals surface area contributed by atoms with E-state index in [1.165, 1.54) is 63.5 Å². The number of nitrogens with zero attached hydrogens (tertiary/aromatic N) is 1. The Kier molecular flexibility index (Phi) is 14.7. The van der Waals surface area contributed by atoms with Gasteiger partial charge in [0.2, 0.25) is 0 Å². The van der Waals surface area contributed by atoms with Crippen LogP contribution in [0.4, 0.5) is 5.69 Å². The molecule has 148 valence electrons. The van der Waals surface area contributed by atoms with Gasteiger partial charge in [0.1, 0.15) is 0 Å². The van der Waals surface area contributed by atoms with Crippen LogP contribution < -0.4 is 0 Å². The molecule has 0 aliphatic carbocycles. The van der Waals surface area contributed by atoms with Crippen LogP contribution in [0.1, 0.15) is 51.4 Å². The average molecular weight is 367 g/mol. The molecule has 26 heavy (non-hydrogen) atoms. The van der Waals surface area contributed by atoms with Crippen molar-refractivity contribution in [1.29, 1.82) is 0 Å². The van der Waals surface area contributed by atoms with Gasteiger partial charge < -0.3 is 14.2 Å². The van der Waals surface area contributed by atoms with Crippen molar-refractivity contribution in [2.45, 2.75) is 51.4 Å². The van der Waals surface area contributed by atoms with E-state index in [9.17, 15) is 10.1 Å². The predicted octanol–water partition coefficient (Wildman–Crippen LogP) is 4.77. The molecular formula is C20H33NO5. The summed E-state index contributed by atoms with van der Waals surface area (Å²) in [7, 11) is 0. The molecule has 6 nitrogen and oxygen atoms in total. The Morgan fingerprint density at radius 1 is 0.615 bits per heavy atom. The number of hydrogen-bond donors (Lipinski definition) is 0. The zero-order valence-electron chi connectivity index (χ0n) is 15.8. The van der Waals surface area contributed by atoms with Gasteiger partial charge in [-0.1, -0.05) is 18.2 Å². The molecule has 0 saturated carbocycles. The summed E-state index contributed by atoms with van der Waals surface area (Å²) in [5.41, 5.74) is 0.137. The second-order valence-electron chi connectivity index (χ2n) is 6.26. The molecule has 0 atom stereocenters. The molecule has 1 aromatic rings. The third kappa shape index (κ3) is 13.8. The van der Waals surface area contributed by atoms with Crippen molar-refractivity contribution in [2.75, 3.05) is 39.6 Å². The van der Waals surface area contributed by atoms with Gasteiger partial charge in [0, 0.05) is 51.8 Å². The van der Waals surface area contributed by atoms with E-state index in [1.807, 2.05) is 0 Å². The maximum Gasteiger partial charge on any atom is 0.269 e. The third-order valence-corrected chi connectivity index (χ3v) is 3.95. The van der Waals surface area contributed by atoms with Gasteiger partial charge in [-0.2, -0.15) is 0 Å². The van der Waals surface area contributed by atoms with Crippen LogP contribution in [0.3, 0.4) is 0 Å². The van der Waals surface area contributed by atoms with Gasteiger partial charge in [0.25, 0.3) is 5.69 Å². The Bertz CT molecular complexity index is 386. The molecule has 0 bridgehead atoms. The monoisotopic (exact) mass is 367 g/mol. The smallest absolute Gasteiger partial charge is 0.269 e. The van der Waals surface area contributed by atoms with E-state index in [4.69, 9.17) is 14.2 Å². The Morgan fingerprint density at radius 2 is 0.962 bits per heavy atom. The van der Waals surface area contributed by atoms with E-state index in [0.717, 1.165) is 39.6 Å². The van der Waals surface area contributed by atoms with Gasteiger partial charge >= 0.3 is 0 Å². The largest absolute Gasteiger partial charge is 0.381 e. The predicted molar refractivity (Wildman–Crippen MR) is 102 cm³/mol. The van der Waals surface area contributed by atoms with Crippen molar-refractivity contribution in [3.8, 4) is 0 Å². The Balaban J connectivity index is 0.000000178. The van der Waals surface area contributed by atoms with Crippen LogP contribution in [0.25, 0.3) is 0 Å². The van der Waals surface area contributed by atoms with Crippen molar-refractivity contribution < 1.29 is 19.1 Å². The molecule has 1 aromatic carbocycles. The highest BCUT2D eigenvalue weighted by molar-refractivity contribution is 5.27. The minimum absolute atomic E-state index is 0.137. The number of nitro groups is 1. The number of para-hydroxylation sites is 1. The van der Waals surface area contributed by atoms with Crippen LogP contribution in [0, 0.1) is 10.1 Å². The zero-order chi connectivity index (χ0) is 18.7. The van der Waals surface area contributed by atoms with Crippen molar-refractivity contribution >= 4 is 5.69 Å². The molecule has 3 fully saturated rings. The Morgan fingerprint density at radius 3 is 1.15 bits per heavy atom. The molecular weight excluding hydrogens is 334 g/mol. The lowest BCUT2D eigenvalue weighted by Crippen LogP contribution is -2.03. The summed E-state index contributed by atoms with van der Waals surface area (Å²) in [5.74, 6) is 0. The highest BCUT2D eigenvalue weighted by atomic mass is 16.6. The van der Waals surface area contributed by atoms with Crippen LogP contribution >= 0.6 is 0 Å². The lowest BCUT2D eigenvalue weighted by Gasteiger charge is -2.08. The Labute approximate surface area is 157 Å². The first-order chi connectivity index (χ1) is 12.8. The molecule has 0 radical (unpaired) electrons. The van der Waals surface area contributed by atoms with Crippen LogP contribution in [0.15, 0.2) is 30.3 Å². The molecule has 3 heterocycles. The van der Waals surface area contributed by atoms with Crippen LogP contribution in [0.2, 0.25) is 0 Å². The zero-order valence-corrected chi connectivity index (χ0v) is 15.8. The van der Waals surface area contributed by atoms with Crippen molar-refractivity contribution in [1.82, 2.24) is 0 Å². The molecule has 0 unspecified atom stereocenters. The minimum atomic E-state index is -0.417. The number of non-ortho nitro benzene ring substituents is 1. The summed E-state index contributed by atoms with van der Waals surface area (Å²) >= 11 is 0. The highest BCUT2D eigenvalue weighted by Crippen LogP contribution is 2.07. The maximum atomic E-state index is 10.0. The van der Waals surface area contributed by atoms with Gasteiger partial charge in [-0.3, -0.25) is 10.1 Å². The summed E-state index contributed by atoms with van der Waals surface area (Å²) in [5, 5.41) is 10.0. The molecule has 6 heteroatoms. The summed E-state index contributed by atoms with van der Waals surface area (Å²) in [6.45, 7) is 6.00. The minimum Gasteiger partial charge on any atom is -0.381 e. The van der Waals surface area contributed by atoms with Crippen molar-refractivity contribution in [3.05, 3.63) is 40.4 Å². The lowest BCUT2D eigenvalue weighted by molar-refractivity contribution is -0.384. The maximum absolute atomic E-state index is 10.0. The molecule has 0 spiro atoms. The summed E-state index contributed by atoms with van der Waals surface area (Å²) in [6, 6.07) is 7.93. The van der Waals surface area contributed by atoms with Gasteiger partial charge in [-0.15, -0.1) is 0 Å². The number of rotatable bonds is 1. The van der Waals surface area contributed by atoms with Crippen molar-refractivity contribution in [3.63, 3.8) is 0 Å². The normalized spacial score (nSPS) is 18.8. The summed E-state index contributed by atoms with van der Waals surface area (Å²) in [4.78, 5) is 9.59. The molecule has 0 amide bonds. The summed E-state index contributed by atoms with van der Waals surface area (Å²) < 4.78 is 15.1. The number of ether oxygens (including phenoxy) is 3. The van der Waals surface area contributed by atoms with E-state index in [-0.39, 0.29) is 5.69 Å². The topological polar surface area (TPSA) is 70.8 Å². The van der Waals surface area contributed by atoms with Gasteiger partial charge in [-0.25, -0.2) is 0 Å². The molecule has 0 N–H and O–H groups in total. The van der Waals surface area contributed by atoms with E-state index < -0.39 is 4.92 Å². The second kappa shape index (κ2) is 16.9. The summed E-state index contributed by atoms with van der Waals surface area (Å²) in [6.07, 6.45) is 10.4. The Hall–Kier alpha value is -1.50. The molecule has 3 aliphatic heterocycles. The molecule has 3 saturated heterocycles. The first kappa shape index (κ1) is 22.5. The van der Waals surface area contributed by atoms with Crippen LogP contribution in [-0.2, 0) is 14.2 Å². The van der Waals surface area contributed by atoms with E-state index in [2.05, 4.69) is 0 Å². The average Bonchev–Trinajstić information content (AvgIpc) is 3.32. The fourth-order valence-corrected chi connectivity index (χ4v) is 2.43. The van der Waals surface area contributed by atoms with Crippen LogP contribution in [0.5, 0.6) is 0 Å². The number of benzene rings is 1. The second-order valence-corrected chi connectivity index (χ2v) is 6.26. The number of hydrogen-bond acceptors (Lipinski definition) is 5. The quantitative estimate of drug-likeness (QED) is 0.528. The van der Waals surface area contributed by atoms with Gasteiger partial charge in [0.05, 0.1) is 4.92 Å². The van der Waals surface area contributed by atoms with E-state index in [0.29, 0.717) is 0 Å². The van der Waals surface area contributed by atoms with Crippen molar-refractivity contribution in [2.24, 2.45) is 0 Å². The van der Waals surface area contributed by atoms with Gasteiger partial charge in [0.15, 0.2) is 0 Å². The lowest BCUT2D eigenvalue weighted by atomic mass is 10.2. The molecule has 4 rings (SSSR count). The third-order valence-electron chi connectivity index (χ3n) is 3.95. The van der Waals surface area contributed by atoms with Gasteiger partial charge in [-0.05, 0) is 51.4 Å². The van der Waals surface area contributed by atoms with Crippen LogP contribution in [-0.4, -0.2) is 44.6 Å². The first-order valence-electron chi connectivity index (χ1n) is 9.73. The SMILES string of the molecule is C1CCOC1.C1CCOCC1.C1CCOCC1.O=[N+]([O-])c1ccccc1. The fraction of sp³-hybridized carbons (Fsp3) is 0.700. The first-order valence-corrected chi connectivity index (χ1v) is 9.73. The standard InChI is InChI=1S/C6H5NO2.2C5H10O.C4H8O/c8-7(9)6-4-2-1-3-5-6;2*1-2-4-6-5-3-1;1-2-4-5-3-1/h1-5H;2*1-5H2;1-4H2.